The van der Waals surface area contributed by atoms with Crippen LogP contribution < -0.4 is 5.90 Å². The van der Waals surface area contributed by atoms with E-state index >= 15 is 0 Å². The number of benzene rings is 1. The van der Waals surface area contributed by atoms with Gasteiger partial charge in [-0.25, -0.2) is 4.79 Å². The molecule has 1 aromatic carbocycles. The molecule has 1 atom stereocenters. The second-order valence-electron chi connectivity index (χ2n) is 6.42. The van der Waals surface area contributed by atoms with Crippen molar-refractivity contribution in [1.82, 2.24) is 4.98 Å². The van der Waals surface area contributed by atoms with Crippen molar-refractivity contribution in [3.63, 3.8) is 0 Å². The molecular formula is C17H22N2O4. The van der Waals surface area contributed by atoms with E-state index in [4.69, 9.17) is 10.6 Å². The molecule has 1 heterocycles. The van der Waals surface area contributed by atoms with Gasteiger partial charge in [-0.05, 0) is 45.2 Å². The number of carbonyl (C=O) groups is 2. The number of ether oxygens (including phenoxy) is 1. The largest absolute Gasteiger partial charge is 0.459 e. The standard InChI is InChI=1S/C17H22N2O4/c1-17(2,3)22-15(20)13(16(21)23-18)9-8-11-10-19-14-7-5-4-6-12(11)14/h4-7,10,13,19H,8-9,18H2,1-3H3/t13-/m1/s1. The SMILES string of the molecule is CC(C)(C)OC(=O)[C@@H](CCc1c[nH]c2ccccc12)C(=O)ON. The van der Waals surface area contributed by atoms with Crippen LogP contribution in [-0.2, 0) is 25.6 Å². The number of nitrogens with two attached hydrogens (primary N) is 1. The number of hydrogen-bond acceptors (Lipinski definition) is 5. The summed E-state index contributed by atoms with van der Waals surface area (Å²) in [4.78, 5) is 31.4. The van der Waals surface area contributed by atoms with Crippen LogP contribution >= 0.6 is 0 Å². The maximum absolute atomic E-state index is 12.2. The zero-order valence-electron chi connectivity index (χ0n) is 13.6. The Balaban J connectivity index is 2.12. The molecule has 0 unspecified atom stereocenters. The highest BCUT2D eigenvalue weighted by Gasteiger charge is 2.32. The third-order valence-electron chi connectivity index (χ3n) is 3.47. The number of esters is 1. The zero-order chi connectivity index (χ0) is 17.0. The van der Waals surface area contributed by atoms with Gasteiger partial charge in [0.15, 0.2) is 5.92 Å². The van der Waals surface area contributed by atoms with Crippen LogP contribution in [0.25, 0.3) is 10.9 Å². The molecule has 0 fully saturated rings. The average Bonchev–Trinajstić information content (AvgIpc) is 2.89. The molecule has 1 aromatic heterocycles. The van der Waals surface area contributed by atoms with Gasteiger partial charge in [-0.3, -0.25) is 4.79 Å². The Morgan fingerprint density at radius 1 is 1.22 bits per heavy atom. The number of para-hydroxylation sites is 1. The summed E-state index contributed by atoms with van der Waals surface area (Å²) in [6.45, 7) is 5.24. The fraction of sp³-hybridized carbons (Fsp3) is 0.412. The van der Waals surface area contributed by atoms with Gasteiger partial charge in [-0.2, -0.15) is 5.90 Å². The van der Waals surface area contributed by atoms with Crippen LogP contribution in [-0.4, -0.2) is 22.5 Å². The van der Waals surface area contributed by atoms with Crippen molar-refractivity contribution >= 4 is 22.8 Å². The topological polar surface area (TPSA) is 94.4 Å². The Morgan fingerprint density at radius 2 is 1.91 bits per heavy atom. The van der Waals surface area contributed by atoms with E-state index in [2.05, 4.69) is 9.82 Å². The van der Waals surface area contributed by atoms with E-state index < -0.39 is 23.5 Å². The number of aromatic nitrogens is 1. The lowest BCUT2D eigenvalue weighted by atomic mass is 9.99. The van der Waals surface area contributed by atoms with Gasteiger partial charge in [0, 0.05) is 17.1 Å². The molecule has 0 aliphatic rings. The smallest absolute Gasteiger partial charge is 0.338 e. The van der Waals surface area contributed by atoms with E-state index in [1.54, 1.807) is 20.8 Å². The third kappa shape index (κ3) is 4.32. The molecule has 6 heteroatoms. The molecule has 2 rings (SSSR count). The maximum Gasteiger partial charge on any atom is 0.338 e. The molecule has 6 nitrogen and oxygen atoms in total. The number of aryl methyl sites for hydroxylation is 1. The molecule has 124 valence electrons. The molecule has 0 bridgehead atoms. The molecule has 0 aliphatic carbocycles. The molecule has 0 aliphatic heterocycles. The number of rotatable bonds is 5. The zero-order valence-corrected chi connectivity index (χ0v) is 13.6. The van der Waals surface area contributed by atoms with Crippen molar-refractivity contribution in [2.75, 3.05) is 0 Å². The van der Waals surface area contributed by atoms with Crippen molar-refractivity contribution in [2.24, 2.45) is 11.8 Å². The Labute approximate surface area is 134 Å². The van der Waals surface area contributed by atoms with Gasteiger partial charge < -0.3 is 14.6 Å². The number of hydrogen-bond donors (Lipinski definition) is 2. The van der Waals surface area contributed by atoms with Gasteiger partial charge in [0.25, 0.3) is 0 Å². The molecular weight excluding hydrogens is 296 g/mol. The van der Waals surface area contributed by atoms with Crippen molar-refractivity contribution in [3.05, 3.63) is 36.0 Å². The fourth-order valence-corrected chi connectivity index (χ4v) is 2.43. The summed E-state index contributed by atoms with van der Waals surface area (Å²) in [7, 11) is 0. The highest BCUT2D eigenvalue weighted by atomic mass is 16.7. The lowest BCUT2D eigenvalue weighted by Gasteiger charge is -2.22. The van der Waals surface area contributed by atoms with E-state index in [1.807, 2.05) is 30.5 Å². The Morgan fingerprint density at radius 3 is 2.57 bits per heavy atom. The lowest BCUT2D eigenvalue weighted by Crippen LogP contribution is -2.35. The Bertz CT molecular complexity index is 700. The van der Waals surface area contributed by atoms with E-state index in [9.17, 15) is 9.59 Å². The maximum atomic E-state index is 12.2. The highest BCUT2D eigenvalue weighted by molar-refractivity contribution is 5.95. The molecule has 3 N–H and O–H groups in total. The average molecular weight is 318 g/mol. The molecule has 0 amide bonds. The Kier molecular flexibility index (Phi) is 5.05. The van der Waals surface area contributed by atoms with E-state index in [1.165, 1.54) is 0 Å². The fourth-order valence-electron chi connectivity index (χ4n) is 2.43. The van der Waals surface area contributed by atoms with Crippen molar-refractivity contribution in [1.29, 1.82) is 0 Å². The Hall–Kier alpha value is -2.34. The number of aromatic amines is 1. The molecule has 23 heavy (non-hydrogen) atoms. The van der Waals surface area contributed by atoms with E-state index in [0.29, 0.717) is 6.42 Å². The minimum atomic E-state index is -1.03. The molecule has 0 saturated heterocycles. The first-order valence-corrected chi connectivity index (χ1v) is 7.50. The summed E-state index contributed by atoms with van der Waals surface area (Å²) < 4.78 is 5.28. The van der Waals surface area contributed by atoms with Crippen LogP contribution in [0.4, 0.5) is 0 Å². The summed E-state index contributed by atoms with van der Waals surface area (Å²) in [5.41, 5.74) is 1.36. The first-order valence-electron chi connectivity index (χ1n) is 7.50. The molecule has 2 aromatic rings. The van der Waals surface area contributed by atoms with Crippen LogP contribution in [0.15, 0.2) is 30.5 Å². The highest BCUT2D eigenvalue weighted by Crippen LogP contribution is 2.22. The summed E-state index contributed by atoms with van der Waals surface area (Å²) in [6, 6.07) is 7.85. The quantitative estimate of drug-likeness (QED) is 0.502. The van der Waals surface area contributed by atoms with Gasteiger partial charge in [0.2, 0.25) is 0 Å². The van der Waals surface area contributed by atoms with Crippen LogP contribution in [0.3, 0.4) is 0 Å². The van der Waals surface area contributed by atoms with Crippen LogP contribution in [0, 0.1) is 5.92 Å². The summed E-state index contributed by atoms with van der Waals surface area (Å²) in [5.74, 6) is 2.52. The molecule has 0 saturated carbocycles. The second kappa shape index (κ2) is 6.83. The van der Waals surface area contributed by atoms with Gasteiger partial charge in [0.1, 0.15) is 5.60 Å². The summed E-state index contributed by atoms with van der Waals surface area (Å²) in [6.07, 6.45) is 2.68. The molecule has 0 spiro atoms. The van der Waals surface area contributed by atoms with E-state index in [-0.39, 0.29) is 6.42 Å². The van der Waals surface area contributed by atoms with Crippen LogP contribution in [0.1, 0.15) is 32.8 Å². The van der Waals surface area contributed by atoms with Crippen molar-refractivity contribution in [3.8, 4) is 0 Å². The third-order valence-corrected chi connectivity index (χ3v) is 3.47. The number of nitrogens with one attached hydrogen (secondary N) is 1. The van der Waals surface area contributed by atoms with Gasteiger partial charge in [0.05, 0.1) is 0 Å². The van der Waals surface area contributed by atoms with Gasteiger partial charge in [-0.1, -0.05) is 18.2 Å². The first-order chi connectivity index (χ1) is 10.8. The predicted molar refractivity (Wildman–Crippen MR) is 86.2 cm³/mol. The predicted octanol–water partition coefficient (Wildman–Crippen LogP) is 2.48. The number of carbonyl (C=O) groups excluding carboxylic acids is 2. The minimum absolute atomic E-state index is 0.271. The summed E-state index contributed by atoms with van der Waals surface area (Å²) in [5, 5.41) is 1.07. The van der Waals surface area contributed by atoms with Gasteiger partial charge >= 0.3 is 11.9 Å². The lowest BCUT2D eigenvalue weighted by molar-refractivity contribution is -0.169. The second-order valence-corrected chi connectivity index (χ2v) is 6.42. The van der Waals surface area contributed by atoms with Crippen molar-refractivity contribution in [2.45, 2.75) is 39.2 Å². The van der Waals surface area contributed by atoms with Crippen molar-refractivity contribution < 1.29 is 19.2 Å². The number of H-pyrrole nitrogens is 1. The minimum Gasteiger partial charge on any atom is -0.459 e. The van der Waals surface area contributed by atoms with Gasteiger partial charge in [-0.15, -0.1) is 0 Å². The monoisotopic (exact) mass is 318 g/mol. The number of fused-ring (bicyclic) bond motifs is 1. The van der Waals surface area contributed by atoms with E-state index in [0.717, 1.165) is 16.5 Å². The van der Waals surface area contributed by atoms with Crippen LogP contribution in [0.5, 0.6) is 0 Å². The van der Waals surface area contributed by atoms with Crippen LogP contribution in [0.2, 0.25) is 0 Å². The normalized spacial score (nSPS) is 12.9. The molecule has 0 radical (unpaired) electrons. The first kappa shape index (κ1) is 17.0. The summed E-state index contributed by atoms with van der Waals surface area (Å²) >= 11 is 0.